The minimum Gasteiger partial charge on any atom is -0.444 e. The molecule has 0 atom stereocenters. The molecule has 0 saturated carbocycles. The molecule has 2 rings (SSSR count). The third kappa shape index (κ3) is 3.82. The van der Waals surface area contributed by atoms with Crippen LogP contribution in [0.3, 0.4) is 0 Å². The number of alkyl halides is 3. The van der Waals surface area contributed by atoms with E-state index in [-0.39, 0.29) is 5.92 Å². The van der Waals surface area contributed by atoms with Gasteiger partial charge in [0, 0.05) is 19.0 Å². The van der Waals surface area contributed by atoms with E-state index in [4.69, 9.17) is 4.74 Å². The van der Waals surface area contributed by atoms with Crippen LogP contribution in [0.4, 0.5) is 18.0 Å². The van der Waals surface area contributed by atoms with Gasteiger partial charge in [0.2, 0.25) is 0 Å². The average molecular weight is 365 g/mol. The zero-order valence-electron chi connectivity index (χ0n) is 13.4. The number of benzene rings is 1. The highest BCUT2D eigenvalue weighted by atomic mass is 32.2. The molecule has 0 aromatic heterocycles. The van der Waals surface area contributed by atoms with Gasteiger partial charge < -0.3 is 9.64 Å². The molecule has 24 heavy (non-hydrogen) atoms. The summed E-state index contributed by atoms with van der Waals surface area (Å²) >= 11 is 0. The van der Waals surface area contributed by atoms with Crippen LogP contribution in [0.5, 0.6) is 0 Å². The van der Waals surface area contributed by atoms with E-state index in [9.17, 15) is 26.4 Å². The Bertz CT molecular complexity index is 715. The molecule has 1 heterocycles. The van der Waals surface area contributed by atoms with Crippen molar-refractivity contribution in [2.24, 2.45) is 0 Å². The van der Waals surface area contributed by atoms with E-state index in [0.717, 1.165) is 12.1 Å². The molecule has 1 aliphatic heterocycles. The van der Waals surface area contributed by atoms with Gasteiger partial charge in [-0.15, -0.1) is 0 Å². The van der Waals surface area contributed by atoms with Crippen LogP contribution in [-0.2, 0) is 14.6 Å². The summed E-state index contributed by atoms with van der Waals surface area (Å²) in [5, 5.41) is 0. The van der Waals surface area contributed by atoms with Gasteiger partial charge in [-0.3, -0.25) is 0 Å². The summed E-state index contributed by atoms with van der Waals surface area (Å²) in [6, 6.07) is 4.56. The first-order valence-corrected chi connectivity index (χ1v) is 8.69. The van der Waals surface area contributed by atoms with Gasteiger partial charge in [0.05, 0.1) is 4.90 Å². The summed E-state index contributed by atoms with van der Waals surface area (Å²) in [5.41, 5.74) is -5.25. The first kappa shape index (κ1) is 18.6. The lowest BCUT2D eigenvalue weighted by atomic mass is 9.92. The number of nitrogens with zero attached hydrogens (tertiary/aromatic N) is 1. The largest absolute Gasteiger partial charge is 0.501 e. The standard InChI is InChI=1S/C15H18F3NO4S/c1-14(2,3)23-13(20)19-8-11(9-19)10-4-6-12(7-5-10)24(21,22)15(16,17)18/h4-7,11H,8-9H2,1-3H3. The molecule has 1 aromatic rings. The lowest BCUT2D eigenvalue weighted by Gasteiger charge is -2.40. The van der Waals surface area contributed by atoms with Crippen LogP contribution in [0.2, 0.25) is 0 Å². The van der Waals surface area contributed by atoms with E-state index in [0.29, 0.717) is 18.7 Å². The number of hydrogen-bond acceptors (Lipinski definition) is 4. The Labute approximate surface area is 138 Å². The normalized spacial score (nSPS) is 16.7. The van der Waals surface area contributed by atoms with Gasteiger partial charge in [0.1, 0.15) is 5.60 Å². The Morgan fingerprint density at radius 3 is 2.04 bits per heavy atom. The van der Waals surface area contributed by atoms with E-state index >= 15 is 0 Å². The molecular weight excluding hydrogens is 347 g/mol. The minimum atomic E-state index is -5.34. The molecule has 1 amide bonds. The molecule has 0 unspecified atom stereocenters. The van der Waals surface area contributed by atoms with Gasteiger partial charge in [0.25, 0.3) is 9.84 Å². The molecule has 1 aliphatic rings. The summed E-state index contributed by atoms with van der Waals surface area (Å²) < 4.78 is 65.3. The van der Waals surface area contributed by atoms with Crippen molar-refractivity contribution in [3.63, 3.8) is 0 Å². The average Bonchev–Trinajstić information content (AvgIpc) is 2.34. The summed E-state index contributed by atoms with van der Waals surface area (Å²) in [5.74, 6) is -0.0554. The monoisotopic (exact) mass is 365 g/mol. The number of sulfone groups is 1. The van der Waals surface area contributed by atoms with Crippen LogP contribution in [0.1, 0.15) is 32.3 Å². The highest BCUT2D eigenvalue weighted by Crippen LogP contribution is 2.33. The fraction of sp³-hybridized carbons (Fsp3) is 0.533. The maximum Gasteiger partial charge on any atom is 0.501 e. The highest BCUT2D eigenvalue weighted by Gasteiger charge is 2.47. The van der Waals surface area contributed by atoms with Crippen molar-refractivity contribution >= 4 is 15.9 Å². The van der Waals surface area contributed by atoms with Gasteiger partial charge in [-0.05, 0) is 38.5 Å². The van der Waals surface area contributed by atoms with Crippen LogP contribution < -0.4 is 0 Å². The maximum atomic E-state index is 12.5. The van der Waals surface area contributed by atoms with Crippen molar-refractivity contribution in [3.8, 4) is 0 Å². The van der Waals surface area contributed by atoms with E-state index in [1.54, 1.807) is 20.8 Å². The van der Waals surface area contributed by atoms with Crippen molar-refractivity contribution in [2.75, 3.05) is 13.1 Å². The number of carbonyl (C=O) groups is 1. The summed E-state index contributed by atoms with van der Waals surface area (Å²) in [4.78, 5) is 12.5. The zero-order valence-corrected chi connectivity index (χ0v) is 14.2. The highest BCUT2D eigenvalue weighted by molar-refractivity contribution is 7.92. The molecule has 0 bridgehead atoms. The van der Waals surface area contributed by atoms with Crippen molar-refractivity contribution in [2.45, 2.75) is 42.7 Å². The lowest BCUT2D eigenvalue weighted by molar-refractivity contribution is -0.0436. The third-order valence-electron chi connectivity index (χ3n) is 3.50. The molecule has 0 spiro atoms. The van der Waals surface area contributed by atoms with Gasteiger partial charge >= 0.3 is 11.6 Å². The molecule has 0 aliphatic carbocycles. The quantitative estimate of drug-likeness (QED) is 0.807. The van der Waals surface area contributed by atoms with Gasteiger partial charge in [0.15, 0.2) is 0 Å². The molecule has 1 aromatic carbocycles. The van der Waals surface area contributed by atoms with Gasteiger partial charge in [-0.2, -0.15) is 13.2 Å². The number of rotatable bonds is 2. The van der Waals surface area contributed by atoms with E-state index in [1.807, 2.05) is 0 Å². The number of ether oxygens (including phenoxy) is 1. The maximum absolute atomic E-state index is 12.5. The Kier molecular flexibility index (Phi) is 4.60. The van der Waals surface area contributed by atoms with Crippen LogP contribution in [-0.4, -0.2) is 43.6 Å². The Morgan fingerprint density at radius 2 is 1.62 bits per heavy atom. The Balaban J connectivity index is 2.01. The van der Waals surface area contributed by atoms with Crippen LogP contribution in [0.15, 0.2) is 29.2 Å². The summed E-state index contributed by atoms with van der Waals surface area (Å²) in [6.45, 7) is 6.01. The fourth-order valence-electron chi connectivity index (χ4n) is 2.22. The van der Waals surface area contributed by atoms with Gasteiger partial charge in [-0.25, -0.2) is 13.2 Å². The molecule has 1 saturated heterocycles. The molecule has 1 fully saturated rings. The number of halogens is 3. The molecule has 9 heteroatoms. The number of hydrogen-bond donors (Lipinski definition) is 0. The van der Waals surface area contributed by atoms with Crippen molar-refractivity contribution in [1.29, 1.82) is 0 Å². The molecule has 134 valence electrons. The number of amides is 1. The van der Waals surface area contributed by atoms with E-state index in [1.165, 1.54) is 17.0 Å². The van der Waals surface area contributed by atoms with Crippen molar-refractivity contribution < 1.29 is 31.1 Å². The second-order valence-electron chi connectivity index (χ2n) is 6.60. The second-order valence-corrected chi connectivity index (χ2v) is 8.54. The van der Waals surface area contributed by atoms with Crippen LogP contribution in [0, 0.1) is 0 Å². The first-order valence-electron chi connectivity index (χ1n) is 7.20. The fourth-order valence-corrected chi connectivity index (χ4v) is 2.98. The topological polar surface area (TPSA) is 63.7 Å². The number of likely N-dealkylation sites (tertiary alicyclic amines) is 1. The smallest absolute Gasteiger partial charge is 0.444 e. The Hall–Kier alpha value is -1.77. The van der Waals surface area contributed by atoms with Crippen molar-refractivity contribution in [3.05, 3.63) is 29.8 Å². The van der Waals surface area contributed by atoms with Crippen molar-refractivity contribution in [1.82, 2.24) is 4.90 Å². The predicted molar refractivity (Wildman–Crippen MR) is 80.2 cm³/mol. The van der Waals surface area contributed by atoms with Crippen LogP contribution >= 0.6 is 0 Å². The Morgan fingerprint density at radius 1 is 1.12 bits per heavy atom. The molecule has 0 radical (unpaired) electrons. The molecule has 5 nitrogen and oxygen atoms in total. The van der Waals surface area contributed by atoms with Crippen LogP contribution in [0.25, 0.3) is 0 Å². The second kappa shape index (κ2) is 5.94. The summed E-state index contributed by atoms with van der Waals surface area (Å²) in [6.07, 6.45) is -0.449. The van der Waals surface area contributed by atoms with Gasteiger partial charge in [-0.1, -0.05) is 12.1 Å². The van der Waals surface area contributed by atoms with E-state index < -0.39 is 31.9 Å². The molecule has 0 N–H and O–H groups in total. The predicted octanol–water partition coefficient (Wildman–Crippen LogP) is 3.31. The third-order valence-corrected chi connectivity index (χ3v) is 5.00. The minimum absolute atomic E-state index is 0.0554. The number of carbonyl (C=O) groups excluding carboxylic acids is 1. The SMILES string of the molecule is CC(C)(C)OC(=O)N1CC(c2ccc(S(=O)(=O)C(F)(F)F)cc2)C1. The molecular formula is C15H18F3NO4S. The van der Waals surface area contributed by atoms with E-state index in [2.05, 4.69) is 0 Å². The first-order chi connectivity index (χ1) is 10.8. The lowest BCUT2D eigenvalue weighted by Crippen LogP contribution is -2.50. The summed E-state index contributed by atoms with van der Waals surface area (Å²) in [7, 11) is -5.34. The zero-order chi connectivity index (χ0) is 18.3.